The van der Waals surface area contributed by atoms with Gasteiger partial charge in [-0.25, -0.2) is 0 Å². The van der Waals surface area contributed by atoms with Gasteiger partial charge in [-0.1, -0.05) is 71.7 Å². The van der Waals surface area contributed by atoms with Crippen LogP contribution in [0.1, 0.15) is 13.8 Å². The van der Waals surface area contributed by atoms with E-state index in [0.717, 1.165) is 54.2 Å². The van der Waals surface area contributed by atoms with Crippen LogP contribution in [0, 0.1) is 0 Å². The molecule has 6 rings (SSSR count). The highest BCUT2D eigenvalue weighted by Gasteiger charge is 2.23. The summed E-state index contributed by atoms with van der Waals surface area (Å²) in [5, 5.41) is 28.7. The number of aliphatic hydroxyl groups is 2. The maximum absolute atomic E-state index is 10.0. The Balaban J connectivity index is 1.82. The van der Waals surface area contributed by atoms with E-state index in [1.54, 1.807) is 13.8 Å². The van der Waals surface area contributed by atoms with Gasteiger partial charge in [0.25, 0.3) is 0 Å². The molecule has 0 bridgehead atoms. The molecule has 0 fully saturated rings. The van der Waals surface area contributed by atoms with Gasteiger partial charge in [-0.05, 0) is 82.9 Å². The van der Waals surface area contributed by atoms with Crippen LogP contribution in [0.15, 0.2) is 84.9 Å². The predicted molar refractivity (Wildman–Crippen MR) is 166 cm³/mol. The lowest BCUT2D eigenvalue weighted by Gasteiger charge is -2.22. The molecule has 0 radical (unpaired) electrons. The van der Waals surface area contributed by atoms with E-state index in [-0.39, 0.29) is 13.2 Å². The first-order valence-electron chi connectivity index (χ1n) is 13.2. The second kappa shape index (κ2) is 10.8. The Morgan fingerprint density at radius 2 is 0.875 bits per heavy atom. The fraction of sp³-hybridized carbons (Fsp3) is 0.176. The van der Waals surface area contributed by atoms with Crippen LogP contribution in [0.2, 0.25) is 10.0 Å². The van der Waals surface area contributed by atoms with Crippen LogP contribution in [0.3, 0.4) is 0 Å². The van der Waals surface area contributed by atoms with E-state index in [2.05, 4.69) is 12.1 Å². The average molecular weight is 572 g/mol. The Morgan fingerprint density at radius 1 is 0.525 bits per heavy atom. The summed E-state index contributed by atoms with van der Waals surface area (Å²) in [4.78, 5) is 0. The van der Waals surface area contributed by atoms with Crippen molar-refractivity contribution in [3.05, 3.63) is 95.0 Å². The summed E-state index contributed by atoms with van der Waals surface area (Å²) in [7, 11) is 0. The number of fused-ring (bicyclic) bond motifs is 4. The molecule has 0 saturated heterocycles. The smallest absolute Gasteiger partial charge is 0.135 e. The third kappa shape index (κ3) is 4.71. The zero-order chi connectivity index (χ0) is 28.0. The third-order valence-corrected chi connectivity index (χ3v) is 7.53. The molecule has 0 aliphatic heterocycles. The monoisotopic (exact) mass is 570 g/mol. The van der Waals surface area contributed by atoms with Gasteiger partial charge >= 0.3 is 0 Å². The van der Waals surface area contributed by atoms with Gasteiger partial charge in [0.1, 0.15) is 24.7 Å². The molecule has 0 aromatic heterocycles. The molecule has 0 saturated carbocycles. The Morgan fingerprint density at radius 3 is 1.25 bits per heavy atom. The number of halogens is 2. The van der Waals surface area contributed by atoms with E-state index in [4.69, 9.17) is 32.7 Å². The van der Waals surface area contributed by atoms with E-state index in [0.29, 0.717) is 21.5 Å². The fourth-order valence-electron chi connectivity index (χ4n) is 5.48. The minimum atomic E-state index is -0.620. The first kappa shape index (κ1) is 26.7. The van der Waals surface area contributed by atoms with E-state index >= 15 is 0 Å². The van der Waals surface area contributed by atoms with Gasteiger partial charge in [0.15, 0.2) is 0 Å². The Hall–Kier alpha value is -3.54. The van der Waals surface area contributed by atoms with E-state index < -0.39 is 12.2 Å². The van der Waals surface area contributed by atoms with Gasteiger partial charge in [-0.2, -0.15) is 0 Å². The third-order valence-electron chi connectivity index (χ3n) is 7.06. The Bertz CT molecular complexity index is 1760. The van der Waals surface area contributed by atoms with Crippen molar-refractivity contribution < 1.29 is 19.7 Å². The van der Waals surface area contributed by atoms with Crippen LogP contribution in [0.5, 0.6) is 11.5 Å². The van der Waals surface area contributed by atoms with E-state index in [1.165, 1.54) is 0 Å². The van der Waals surface area contributed by atoms with Gasteiger partial charge in [-0.15, -0.1) is 0 Å². The summed E-state index contributed by atoms with van der Waals surface area (Å²) in [6.07, 6.45) is -1.24. The van der Waals surface area contributed by atoms with Crippen molar-refractivity contribution in [2.24, 2.45) is 0 Å². The molecule has 6 heteroatoms. The lowest BCUT2D eigenvalue weighted by molar-refractivity contribution is 0.124. The summed E-state index contributed by atoms with van der Waals surface area (Å²) in [6, 6.07) is 27.9. The summed E-state index contributed by atoms with van der Waals surface area (Å²) in [5.41, 5.74) is 2.01. The van der Waals surface area contributed by atoms with Crippen molar-refractivity contribution in [2.75, 3.05) is 13.2 Å². The first-order chi connectivity index (χ1) is 19.3. The van der Waals surface area contributed by atoms with Crippen molar-refractivity contribution in [1.82, 2.24) is 0 Å². The molecule has 202 valence electrons. The summed E-state index contributed by atoms with van der Waals surface area (Å²) < 4.78 is 12.5. The van der Waals surface area contributed by atoms with Gasteiger partial charge < -0.3 is 19.7 Å². The quantitative estimate of drug-likeness (QED) is 0.188. The number of hydrogen-bond donors (Lipinski definition) is 2. The van der Waals surface area contributed by atoms with Gasteiger partial charge in [0.2, 0.25) is 0 Å². The second-order valence-electron chi connectivity index (χ2n) is 10.2. The minimum Gasteiger partial charge on any atom is -0.490 e. The van der Waals surface area contributed by atoms with Gasteiger partial charge in [0.05, 0.1) is 12.2 Å². The Labute approximate surface area is 242 Å². The number of benzene rings is 6. The van der Waals surface area contributed by atoms with Crippen LogP contribution < -0.4 is 9.47 Å². The minimum absolute atomic E-state index is 0.165. The molecule has 0 aliphatic rings. The molecular weight excluding hydrogens is 543 g/mol. The molecule has 2 N–H and O–H groups in total. The van der Waals surface area contributed by atoms with Crippen molar-refractivity contribution in [1.29, 1.82) is 0 Å². The largest absolute Gasteiger partial charge is 0.490 e. The van der Waals surface area contributed by atoms with Gasteiger partial charge in [0, 0.05) is 31.6 Å². The van der Waals surface area contributed by atoms with Gasteiger partial charge in [-0.3, -0.25) is 0 Å². The lowest BCUT2D eigenvalue weighted by atomic mass is 9.85. The van der Waals surface area contributed by atoms with Crippen LogP contribution in [0.25, 0.3) is 54.2 Å². The van der Waals surface area contributed by atoms with Crippen LogP contribution in [-0.2, 0) is 0 Å². The van der Waals surface area contributed by atoms with E-state index in [1.807, 2.05) is 72.8 Å². The number of aliphatic hydroxyl groups excluding tert-OH is 2. The molecule has 40 heavy (non-hydrogen) atoms. The number of rotatable bonds is 7. The molecule has 0 aliphatic carbocycles. The highest BCUT2D eigenvalue weighted by atomic mass is 35.5. The number of hydrogen-bond acceptors (Lipinski definition) is 4. The summed E-state index contributed by atoms with van der Waals surface area (Å²) in [5.74, 6) is 1.41. The SMILES string of the molecule is CC(O)COc1c2ccccc2c(-c2c3ccccc3c(OCC(C)O)c3ccc(Cl)cc23)c2cc(Cl)ccc12. The molecule has 4 nitrogen and oxygen atoms in total. The Kier molecular flexibility index (Phi) is 7.20. The molecule has 2 atom stereocenters. The van der Waals surface area contributed by atoms with Crippen molar-refractivity contribution >= 4 is 66.3 Å². The molecule has 0 spiro atoms. The lowest BCUT2D eigenvalue weighted by Crippen LogP contribution is -2.13. The van der Waals surface area contributed by atoms with Crippen LogP contribution >= 0.6 is 23.2 Å². The van der Waals surface area contributed by atoms with Crippen molar-refractivity contribution in [3.8, 4) is 22.6 Å². The standard InChI is InChI=1S/C34H28Cl2O4/c1-19(37)17-39-33-25-9-5-3-7-23(25)31(29-15-21(35)11-13-27(29)33)32-24-8-4-6-10-26(24)34(40-18-20(2)38)28-14-12-22(36)16-30(28)32/h3-16,19-20,37-38H,17-18H2,1-2H3. The normalized spacial score (nSPS) is 13.2. The average Bonchev–Trinajstić information content (AvgIpc) is 2.93. The van der Waals surface area contributed by atoms with E-state index in [9.17, 15) is 10.2 Å². The predicted octanol–water partition coefficient (Wildman–Crippen LogP) is 8.79. The topological polar surface area (TPSA) is 58.9 Å². The summed E-state index contributed by atoms with van der Waals surface area (Å²) in [6.45, 7) is 3.74. The zero-order valence-corrected chi connectivity index (χ0v) is 23.6. The van der Waals surface area contributed by atoms with Crippen molar-refractivity contribution in [3.63, 3.8) is 0 Å². The molecule has 2 unspecified atom stereocenters. The highest BCUT2D eigenvalue weighted by Crippen LogP contribution is 2.50. The molecule has 0 amide bonds. The second-order valence-corrected chi connectivity index (χ2v) is 11.1. The summed E-state index contributed by atoms with van der Waals surface area (Å²) >= 11 is 13.2. The maximum Gasteiger partial charge on any atom is 0.135 e. The fourth-order valence-corrected chi connectivity index (χ4v) is 5.82. The van der Waals surface area contributed by atoms with Crippen LogP contribution in [-0.4, -0.2) is 35.6 Å². The molecule has 6 aromatic rings. The molecule has 6 aromatic carbocycles. The maximum atomic E-state index is 10.0. The number of ether oxygens (including phenoxy) is 2. The van der Waals surface area contributed by atoms with Crippen LogP contribution in [0.4, 0.5) is 0 Å². The molecule has 0 heterocycles. The zero-order valence-electron chi connectivity index (χ0n) is 22.1. The molecular formula is C34H28Cl2O4. The highest BCUT2D eigenvalue weighted by molar-refractivity contribution is 6.34. The first-order valence-corrected chi connectivity index (χ1v) is 14.0. The van der Waals surface area contributed by atoms with Crippen molar-refractivity contribution in [2.45, 2.75) is 26.1 Å².